The van der Waals surface area contributed by atoms with Crippen LogP contribution in [0.5, 0.6) is 0 Å². The molecule has 0 saturated carbocycles. The number of rotatable bonds is 0. The van der Waals surface area contributed by atoms with Gasteiger partial charge in [0, 0.05) is 12.2 Å². The number of fused-ring (bicyclic) bond motifs is 1. The van der Waals surface area contributed by atoms with Gasteiger partial charge < -0.3 is 5.32 Å². The zero-order chi connectivity index (χ0) is 9.47. The molecular weight excluding hydrogens is 259 g/mol. The van der Waals surface area contributed by atoms with Crippen LogP contribution in [0.25, 0.3) is 0 Å². The van der Waals surface area contributed by atoms with Crippen LogP contribution in [0.1, 0.15) is 11.1 Å². The third-order valence-electron chi connectivity index (χ3n) is 2.17. The highest BCUT2D eigenvalue weighted by Gasteiger charge is 2.34. The van der Waals surface area contributed by atoms with E-state index in [-0.39, 0.29) is 17.0 Å². The molecule has 14 heavy (non-hydrogen) atoms. The van der Waals surface area contributed by atoms with E-state index in [4.69, 9.17) is 0 Å². The highest BCUT2D eigenvalue weighted by molar-refractivity contribution is 8.93. The van der Waals surface area contributed by atoms with E-state index in [9.17, 15) is 13.2 Å². The van der Waals surface area contributed by atoms with Gasteiger partial charge >= 0.3 is 6.18 Å². The highest BCUT2D eigenvalue weighted by atomic mass is 79.9. The summed E-state index contributed by atoms with van der Waals surface area (Å²) >= 11 is 0. The Bertz CT molecular complexity index is 335. The van der Waals surface area contributed by atoms with E-state index in [1.165, 1.54) is 6.07 Å². The van der Waals surface area contributed by atoms with Gasteiger partial charge in [0.2, 0.25) is 0 Å². The predicted octanol–water partition coefficient (Wildman–Crippen LogP) is 3.25. The van der Waals surface area contributed by atoms with Crippen molar-refractivity contribution in [3.05, 3.63) is 29.3 Å². The number of anilines is 1. The van der Waals surface area contributed by atoms with E-state index in [1.54, 1.807) is 6.07 Å². The maximum Gasteiger partial charge on any atom is 0.416 e. The third kappa shape index (κ3) is 1.87. The van der Waals surface area contributed by atoms with Gasteiger partial charge in [-0.1, -0.05) is 6.07 Å². The minimum Gasteiger partial charge on any atom is -0.384 e. The first kappa shape index (κ1) is 11.4. The highest BCUT2D eigenvalue weighted by Crippen LogP contribution is 2.36. The van der Waals surface area contributed by atoms with Crippen molar-refractivity contribution in [2.24, 2.45) is 0 Å². The summed E-state index contributed by atoms with van der Waals surface area (Å²) < 4.78 is 37.2. The third-order valence-corrected chi connectivity index (χ3v) is 2.17. The molecule has 1 nitrogen and oxygen atoms in total. The van der Waals surface area contributed by atoms with Gasteiger partial charge in [0.25, 0.3) is 0 Å². The molecule has 0 unspecified atom stereocenters. The van der Waals surface area contributed by atoms with Crippen molar-refractivity contribution >= 4 is 22.7 Å². The van der Waals surface area contributed by atoms with Gasteiger partial charge in [-0.3, -0.25) is 0 Å². The van der Waals surface area contributed by atoms with Crippen LogP contribution >= 0.6 is 17.0 Å². The van der Waals surface area contributed by atoms with Crippen molar-refractivity contribution < 1.29 is 13.2 Å². The normalized spacial score (nSPS) is 14.2. The molecule has 0 saturated heterocycles. The van der Waals surface area contributed by atoms with E-state index >= 15 is 0 Å². The number of hydrogen-bond donors (Lipinski definition) is 1. The lowest BCUT2D eigenvalue weighted by Crippen LogP contribution is -2.07. The van der Waals surface area contributed by atoms with E-state index < -0.39 is 11.7 Å². The van der Waals surface area contributed by atoms with Crippen molar-refractivity contribution in [2.75, 3.05) is 11.9 Å². The topological polar surface area (TPSA) is 12.0 Å². The van der Waals surface area contributed by atoms with Crippen LogP contribution in [0, 0.1) is 0 Å². The number of alkyl halides is 3. The second-order valence-electron chi connectivity index (χ2n) is 3.01. The molecule has 1 aromatic carbocycles. The Kier molecular flexibility index (Phi) is 3.09. The molecule has 5 heteroatoms. The number of halogens is 4. The summed E-state index contributed by atoms with van der Waals surface area (Å²) in [5.74, 6) is 0. The fraction of sp³-hybridized carbons (Fsp3) is 0.333. The van der Waals surface area contributed by atoms with Gasteiger partial charge in [0.05, 0.1) is 5.56 Å². The van der Waals surface area contributed by atoms with Crippen LogP contribution in [-0.4, -0.2) is 6.54 Å². The molecule has 1 N–H and O–H groups in total. The summed E-state index contributed by atoms with van der Waals surface area (Å²) in [6.07, 6.45) is -3.76. The Labute approximate surface area is 90.1 Å². The van der Waals surface area contributed by atoms with Crippen LogP contribution in [0.2, 0.25) is 0 Å². The zero-order valence-electron chi connectivity index (χ0n) is 7.19. The maximum atomic E-state index is 12.4. The molecule has 0 atom stereocenters. The van der Waals surface area contributed by atoms with E-state index in [2.05, 4.69) is 5.32 Å². The monoisotopic (exact) mass is 267 g/mol. The zero-order valence-corrected chi connectivity index (χ0v) is 8.90. The van der Waals surface area contributed by atoms with Crippen LogP contribution < -0.4 is 5.32 Å². The smallest absolute Gasteiger partial charge is 0.384 e. The summed E-state index contributed by atoms with van der Waals surface area (Å²) in [6, 6.07) is 4.24. The van der Waals surface area contributed by atoms with Crippen molar-refractivity contribution in [1.82, 2.24) is 0 Å². The Morgan fingerprint density at radius 2 is 1.93 bits per heavy atom. The molecule has 0 amide bonds. The quantitative estimate of drug-likeness (QED) is 0.761. The van der Waals surface area contributed by atoms with Crippen LogP contribution in [-0.2, 0) is 12.6 Å². The molecule has 0 bridgehead atoms. The first-order chi connectivity index (χ1) is 6.09. The summed E-state index contributed by atoms with van der Waals surface area (Å²) in [4.78, 5) is 0. The summed E-state index contributed by atoms with van der Waals surface area (Å²) in [7, 11) is 0. The van der Waals surface area contributed by atoms with Gasteiger partial charge in [-0.2, -0.15) is 13.2 Å². The molecule has 78 valence electrons. The van der Waals surface area contributed by atoms with Crippen molar-refractivity contribution in [1.29, 1.82) is 0 Å². The van der Waals surface area contributed by atoms with E-state index in [0.717, 1.165) is 6.07 Å². The standard InChI is InChI=1S/C9H8F3N.BrH/c10-9(11,12)7-2-1-3-8-6(7)4-5-13-8;/h1-3,13H,4-5H2;1H. The molecule has 0 fully saturated rings. The lowest BCUT2D eigenvalue weighted by atomic mass is 10.0. The molecule has 0 spiro atoms. The van der Waals surface area contributed by atoms with Crippen LogP contribution in [0.3, 0.4) is 0 Å². The SMILES string of the molecule is Br.FC(F)(F)c1cccc2c1CCN2. The average Bonchev–Trinajstić information content (AvgIpc) is 2.48. The molecule has 1 heterocycles. The summed E-state index contributed by atoms with van der Waals surface area (Å²) in [6.45, 7) is 0.600. The Morgan fingerprint density at radius 1 is 1.21 bits per heavy atom. The molecule has 0 radical (unpaired) electrons. The Morgan fingerprint density at radius 3 is 2.57 bits per heavy atom. The van der Waals surface area contributed by atoms with Gasteiger partial charge in [0.15, 0.2) is 0 Å². The minimum atomic E-state index is -4.22. The van der Waals surface area contributed by atoms with Crippen molar-refractivity contribution in [3.8, 4) is 0 Å². The Balaban J connectivity index is 0.000000980. The van der Waals surface area contributed by atoms with Gasteiger partial charge in [0.1, 0.15) is 0 Å². The molecule has 1 aliphatic heterocycles. The second-order valence-corrected chi connectivity index (χ2v) is 3.01. The molecule has 0 aromatic heterocycles. The molecule has 1 aromatic rings. The average molecular weight is 268 g/mol. The van der Waals surface area contributed by atoms with Crippen LogP contribution in [0.15, 0.2) is 18.2 Å². The van der Waals surface area contributed by atoms with Crippen LogP contribution in [0.4, 0.5) is 18.9 Å². The lowest BCUT2D eigenvalue weighted by molar-refractivity contribution is -0.138. The number of hydrogen-bond acceptors (Lipinski definition) is 1. The van der Waals surface area contributed by atoms with E-state index in [1.807, 2.05) is 0 Å². The molecular formula is C9H9BrF3N. The van der Waals surface area contributed by atoms with Crippen molar-refractivity contribution in [2.45, 2.75) is 12.6 Å². The largest absolute Gasteiger partial charge is 0.416 e. The van der Waals surface area contributed by atoms with Gasteiger partial charge in [-0.25, -0.2) is 0 Å². The van der Waals surface area contributed by atoms with Gasteiger partial charge in [-0.05, 0) is 24.1 Å². The first-order valence-electron chi connectivity index (χ1n) is 4.02. The minimum absolute atomic E-state index is 0. The van der Waals surface area contributed by atoms with Crippen molar-refractivity contribution in [3.63, 3.8) is 0 Å². The number of benzene rings is 1. The maximum absolute atomic E-state index is 12.4. The number of nitrogens with one attached hydrogen (secondary N) is 1. The summed E-state index contributed by atoms with van der Waals surface area (Å²) in [5.41, 5.74) is 0.514. The fourth-order valence-electron chi connectivity index (χ4n) is 1.61. The van der Waals surface area contributed by atoms with Gasteiger partial charge in [-0.15, -0.1) is 17.0 Å². The molecule has 1 aliphatic rings. The lowest BCUT2D eigenvalue weighted by Gasteiger charge is -2.10. The van der Waals surface area contributed by atoms with E-state index in [0.29, 0.717) is 24.2 Å². The Hall–Kier alpha value is -0.710. The summed E-state index contributed by atoms with van der Waals surface area (Å²) in [5, 5.41) is 2.91. The first-order valence-corrected chi connectivity index (χ1v) is 4.02. The fourth-order valence-corrected chi connectivity index (χ4v) is 1.61. The second kappa shape index (κ2) is 3.81. The predicted molar refractivity (Wildman–Crippen MR) is 54.0 cm³/mol. The molecule has 0 aliphatic carbocycles. The molecule has 2 rings (SSSR count).